The highest BCUT2D eigenvalue weighted by Gasteiger charge is 2.26. The maximum Gasteiger partial charge on any atom is 0.238 e. The Bertz CT molecular complexity index is 581. The Labute approximate surface area is 131 Å². The van der Waals surface area contributed by atoms with E-state index in [2.05, 4.69) is 5.32 Å². The van der Waals surface area contributed by atoms with Crippen LogP contribution in [0.15, 0.2) is 24.3 Å². The Hall–Kier alpha value is -1.07. The van der Waals surface area contributed by atoms with Crippen LogP contribution < -0.4 is 5.32 Å². The zero-order chi connectivity index (χ0) is 16.2. The second kappa shape index (κ2) is 7.27. The topological polar surface area (TPSA) is 63.2 Å². The fourth-order valence-corrected chi connectivity index (χ4v) is 2.41. The third kappa shape index (κ3) is 5.67. The van der Waals surface area contributed by atoms with Gasteiger partial charge in [0.05, 0.1) is 0 Å². The third-order valence-corrected chi connectivity index (χ3v) is 5.26. The van der Waals surface area contributed by atoms with Crippen molar-refractivity contribution >= 4 is 27.3 Å². The molecule has 0 saturated carbocycles. The molecule has 6 heteroatoms. The van der Waals surface area contributed by atoms with E-state index in [1.54, 1.807) is 12.1 Å². The van der Waals surface area contributed by atoms with Gasteiger partial charge in [0.25, 0.3) is 0 Å². The van der Waals surface area contributed by atoms with Gasteiger partial charge in [0.2, 0.25) is 5.91 Å². The van der Waals surface area contributed by atoms with E-state index in [-0.39, 0.29) is 12.0 Å². The monoisotopic (exact) mass is 331 g/mol. The summed E-state index contributed by atoms with van der Waals surface area (Å²) >= 11 is 5.85. The molecule has 0 aromatic heterocycles. The van der Waals surface area contributed by atoms with Crippen molar-refractivity contribution in [2.75, 3.05) is 6.26 Å². The summed E-state index contributed by atoms with van der Waals surface area (Å²) < 4.78 is 22.9. The molecule has 118 valence electrons. The predicted molar refractivity (Wildman–Crippen MR) is 86.2 cm³/mol. The Morgan fingerprint density at radius 2 is 1.71 bits per heavy atom. The number of amides is 1. The zero-order valence-electron chi connectivity index (χ0n) is 12.8. The van der Waals surface area contributed by atoms with Gasteiger partial charge in [0.15, 0.2) is 9.84 Å². The highest BCUT2D eigenvalue weighted by molar-refractivity contribution is 7.92. The molecule has 0 bridgehead atoms. The lowest BCUT2D eigenvalue weighted by Gasteiger charge is -2.24. The molecule has 0 spiro atoms. The Morgan fingerprint density at radius 1 is 1.19 bits per heavy atom. The number of carbonyl (C=O) groups excluding carboxylic acids is 1. The van der Waals surface area contributed by atoms with Gasteiger partial charge in [-0.15, -0.1) is 0 Å². The van der Waals surface area contributed by atoms with Crippen LogP contribution >= 0.6 is 11.6 Å². The van der Waals surface area contributed by atoms with Crippen molar-refractivity contribution in [3.8, 4) is 0 Å². The van der Waals surface area contributed by atoms with Gasteiger partial charge in [-0.05, 0) is 37.0 Å². The summed E-state index contributed by atoms with van der Waals surface area (Å²) in [6.45, 7) is 5.39. The van der Waals surface area contributed by atoms with Gasteiger partial charge in [0.1, 0.15) is 5.25 Å². The number of sulfone groups is 1. The van der Waals surface area contributed by atoms with Crippen LogP contribution in [0.2, 0.25) is 5.02 Å². The van der Waals surface area contributed by atoms with Crippen LogP contribution in [0.1, 0.15) is 26.3 Å². The van der Waals surface area contributed by atoms with Crippen molar-refractivity contribution in [2.24, 2.45) is 5.92 Å². The average Bonchev–Trinajstić information content (AvgIpc) is 2.38. The molecule has 1 N–H and O–H groups in total. The summed E-state index contributed by atoms with van der Waals surface area (Å²) in [5.41, 5.74) is 1.05. The van der Waals surface area contributed by atoms with Crippen molar-refractivity contribution in [3.63, 3.8) is 0 Å². The molecule has 0 aliphatic rings. The molecule has 0 saturated heterocycles. The van der Waals surface area contributed by atoms with Gasteiger partial charge in [-0.3, -0.25) is 4.79 Å². The van der Waals surface area contributed by atoms with Gasteiger partial charge in [-0.25, -0.2) is 8.42 Å². The largest absolute Gasteiger partial charge is 0.352 e. The van der Waals surface area contributed by atoms with Crippen molar-refractivity contribution < 1.29 is 13.2 Å². The number of carbonyl (C=O) groups is 1. The number of nitrogens with one attached hydrogen (secondary N) is 1. The normalized spacial score (nSPS) is 14.8. The number of benzene rings is 1. The molecular formula is C15H22ClNO3S. The SMILES string of the molecule is CC(C)[C@H](Cc1ccc(Cl)cc1)NC(=O)[C@H](C)S(C)(=O)=O. The Balaban J connectivity index is 2.79. The number of hydrogen-bond donors (Lipinski definition) is 1. The highest BCUT2D eigenvalue weighted by Crippen LogP contribution is 2.14. The molecule has 2 atom stereocenters. The molecule has 21 heavy (non-hydrogen) atoms. The van der Waals surface area contributed by atoms with Crippen molar-refractivity contribution in [3.05, 3.63) is 34.9 Å². The number of rotatable bonds is 6. The lowest BCUT2D eigenvalue weighted by atomic mass is 9.96. The predicted octanol–water partition coefficient (Wildman–Crippen LogP) is 2.46. The molecule has 1 aromatic carbocycles. The maximum atomic E-state index is 12.0. The Morgan fingerprint density at radius 3 is 2.14 bits per heavy atom. The van der Waals surface area contributed by atoms with Crippen LogP contribution in [0.4, 0.5) is 0 Å². The van der Waals surface area contributed by atoms with E-state index < -0.39 is 21.0 Å². The molecular weight excluding hydrogens is 310 g/mol. The second-order valence-corrected chi connectivity index (χ2v) is 8.46. The van der Waals surface area contributed by atoms with Crippen molar-refractivity contribution in [1.82, 2.24) is 5.32 Å². The molecule has 0 aliphatic heterocycles. The van der Waals surface area contributed by atoms with Crippen LogP contribution in [-0.4, -0.2) is 31.9 Å². The van der Waals surface area contributed by atoms with E-state index >= 15 is 0 Å². The van der Waals surface area contributed by atoms with Gasteiger partial charge in [-0.2, -0.15) is 0 Å². The first-order valence-corrected chi connectivity index (χ1v) is 9.18. The first kappa shape index (κ1) is 18.0. The molecule has 0 aliphatic carbocycles. The van der Waals surface area contributed by atoms with E-state index in [4.69, 9.17) is 11.6 Å². The lowest BCUT2D eigenvalue weighted by Crippen LogP contribution is -2.46. The van der Waals surface area contributed by atoms with Gasteiger partial charge in [-0.1, -0.05) is 37.6 Å². The molecule has 1 aromatic rings. The summed E-state index contributed by atoms with van der Waals surface area (Å²) in [4.78, 5) is 12.0. The summed E-state index contributed by atoms with van der Waals surface area (Å²) in [5.74, 6) is -0.262. The number of hydrogen-bond acceptors (Lipinski definition) is 3. The van der Waals surface area contributed by atoms with Crippen LogP contribution in [0.25, 0.3) is 0 Å². The summed E-state index contributed by atoms with van der Waals surface area (Å²) in [6.07, 6.45) is 1.71. The third-order valence-electron chi connectivity index (χ3n) is 3.51. The number of halogens is 1. The lowest BCUT2D eigenvalue weighted by molar-refractivity contribution is -0.121. The minimum atomic E-state index is -3.38. The van der Waals surface area contributed by atoms with E-state index in [9.17, 15) is 13.2 Å². The van der Waals surface area contributed by atoms with Gasteiger partial charge < -0.3 is 5.32 Å². The molecule has 0 heterocycles. The minimum absolute atomic E-state index is 0.122. The fraction of sp³-hybridized carbons (Fsp3) is 0.533. The average molecular weight is 332 g/mol. The van der Waals surface area contributed by atoms with Gasteiger partial charge in [0, 0.05) is 17.3 Å². The van der Waals surface area contributed by atoms with Crippen LogP contribution in [-0.2, 0) is 21.1 Å². The van der Waals surface area contributed by atoms with E-state index in [1.165, 1.54) is 6.92 Å². The summed E-state index contributed by atoms with van der Waals surface area (Å²) in [5, 5.41) is 2.46. The zero-order valence-corrected chi connectivity index (χ0v) is 14.3. The standard InChI is InChI=1S/C15H22ClNO3S/c1-10(2)14(9-12-5-7-13(16)8-6-12)17-15(18)11(3)21(4,19)20/h5-8,10-11,14H,9H2,1-4H3,(H,17,18)/t11-,14-/m0/s1. The second-order valence-electron chi connectivity index (χ2n) is 5.66. The van der Waals surface area contributed by atoms with Crippen LogP contribution in [0.3, 0.4) is 0 Å². The highest BCUT2D eigenvalue weighted by atomic mass is 35.5. The van der Waals surface area contributed by atoms with Crippen molar-refractivity contribution in [2.45, 2.75) is 38.5 Å². The molecule has 0 fully saturated rings. The van der Waals surface area contributed by atoms with Gasteiger partial charge >= 0.3 is 0 Å². The van der Waals surface area contributed by atoms with Crippen molar-refractivity contribution in [1.29, 1.82) is 0 Å². The van der Waals surface area contributed by atoms with E-state index in [0.29, 0.717) is 11.4 Å². The maximum absolute atomic E-state index is 12.0. The summed E-state index contributed by atoms with van der Waals surface area (Å²) in [7, 11) is -3.38. The first-order chi connectivity index (χ1) is 9.61. The molecule has 4 nitrogen and oxygen atoms in total. The first-order valence-electron chi connectivity index (χ1n) is 6.85. The van der Waals surface area contributed by atoms with Crippen LogP contribution in [0.5, 0.6) is 0 Å². The smallest absolute Gasteiger partial charge is 0.238 e. The Kier molecular flexibility index (Phi) is 6.23. The molecule has 0 radical (unpaired) electrons. The van der Waals surface area contributed by atoms with Crippen LogP contribution in [0, 0.1) is 5.92 Å². The quantitative estimate of drug-likeness (QED) is 0.871. The molecule has 1 rings (SSSR count). The van der Waals surface area contributed by atoms with E-state index in [1.807, 2.05) is 26.0 Å². The minimum Gasteiger partial charge on any atom is -0.352 e. The summed E-state index contributed by atoms with van der Waals surface area (Å²) in [6, 6.07) is 7.29. The fourth-order valence-electron chi connectivity index (χ4n) is 1.82. The molecule has 1 amide bonds. The molecule has 0 unspecified atom stereocenters. The van der Waals surface area contributed by atoms with E-state index in [0.717, 1.165) is 11.8 Å².